The van der Waals surface area contributed by atoms with Crippen LogP contribution in [0.15, 0.2) is 29.4 Å². The minimum atomic E-state index is -0.0401. The molecule has 0 bridgehead atoms. The van der Waals surface area contributed by atoms with E-state index in [1.165, 1.54) is 0 Å². The molecule has 0 aliphatic carbocycles. The normalized spacial score (nSPS) is 12.8. The maximum atomic E-state index is 11.7. The summed E-state index contributed by atoms with van der Waals surface area (Å²) in [5.41, 5.74) is 5.96. The number of nitrogens with two attached hydrogens (primary N) is 1. The molecule has 0 spiro atoms. The highest BCUT2D eigenvalue weighted by molar-refractivity contribution is 5.92. The van der Waals surface area contributed by atoms with Gasteiger partial charge in [-0.25, -0.2) is 0 Å². The summed E-state index contributed by atoms with van der Waals surface area (Å²) < 4.78 is 5.30. The van der Waals surface area contributed by atoms with Crippen LogP contribution in [0, 0.1) is 5.92 Å². The van der Waals surface area contributed by atoms with Gasteiger partial charge >= 0.3 is 0 Å². The molecule has 6 heteroatoms. The van der Waals surface area contributed by atoms with Crippen LogP contribution >= 0.6 is 0 Å². The van der Waals surface area contributed by atoms with Crippen molar-refractivity contribution in [1.29, 1.82) is 0 Å². The van der Waals surface area contributed by atoms with Crippen molar-refractivity contribution in [2.24, 2.45) is 16.8 Å². The van der Waals surface area contributed by atoms with Gasteiger partial charge in [0.2, 0.25) is 5.91 Å². The molecule has 19 heavy (non-hydrogen) atoms. The summed E-state index contributed by atoms with van der Waals surface area (Å²) in [6.07, 6.45) is 0.783. The van der Waals surface area contributed by atoms with Gasteiger partial charge in [-0.1, -0.05) is 25.1 Å². The molecule has 6 nitrogen and oxygen atoms in total. The predicted octanol–water partition coefficient (Wildman–Crippen LogP) is 1.80. The quantitative estimate of drug-likeness (QED) is 0.316. The summed E-state index contributed by atoms with van der Waals surface area (Å²) in [7, 11) is 0. The summed E-state index contributed by atoms with van der Waals surface area (Å²) >= 11 is 0. The van der Waals surface area contributed by atoms with Gasteiger partial charge in [-0.2, -0.15) is 0 Å². The number of hydrogen-bond donors (Lipinski definition) is 3. The summed E-state index contributed by atoms with van der Waals surface area (Å²) in [6.45, 7) is 3.81. The van der Waals surface area contributed by atoms with Gasteiger partial charge in [0.05, 0.1) is 0 Å². The fourth-order valence-electron chi connectivity index (χ4n) is 1.30. The zero-order valence-corrected chi connectivity index (χ0v) is 11.1. The predicted molar refractivity (Wildman–Crippen MR) is 73.4 cm³/mol. The number of ether oxygens (including phenoxy) is 1. The molecule has 1 amide bonds. The first-order valence-electron chi connectivity index (χ1n) is 6.07. The second kappa shape index (κ2) is 7.25. The summed E-state index contributed by atoms with van der Waals surface area (Å²) in [5.74, 6) is 0.445. The van der Waals surface area contributed by atoms with E-state index in [1.807, 2.05) is 13.8 Å². The Morgan fingerprint density at radius 1 is 1.58 bits per heavy atom. The first-order chi connectivity index (χ1) is 9.06. The average Bonchev–Trinajstić information content (AvgIpc) is 2.44. The zero-order valence-electron chi connectivity index (χ0n) is 11.1. The maximum Gasteiger partial charge on any atom is 0.227 e. The van der Waals surface area contributed by atoms with Gasteiger partial charge in [0, 0.05) is 17.7 Å². The number of anilines is 1. The van der Waals surface area contributed by atoms with Crippen molar-refractivity contribution < 1.29 is 14.7 Å². The lowest BCUT2D eigenvalue weighted by Crippen LogP contribution is -2.21. The van der Waals surface area contributed by atoms with Crippen LogP contribution in [0.1, 0.15) is 20.3 Å². The molecule has 0 fully saturated rings. The van der Waals surface area contributed by atoms with Crippen LogP contribution in [0.2, 0.25) is 0 Å². The van der Waals surface area contributed by atoms with Gasteiger partial charge in [-0.3, -0.25) is 4.79 Å². The number of rotatable bonds is 6. The van der Waals surface area contributed by atoms with E-state index in [0.717, 1.165) is 6.42 Å². The Bertz CT molecular complexity index is 460. The molecule has 0 aromatic heterocycles. The average molecular weight is 265 g/mol. The number of nitrogens with one attached hydrogen (secondary N) is 1. The number of nitrogens with zero attached hydrogens (tertiary/aromatic N) is 1. The second-order valence-corrected chi connectivity index (χ2v) is 4.21. The molecule has 0 heterocycles. The molecular formula is C13H19N3O3. The lowest BCUT2D eigenvalue weighted by molar-refractivity contribution is -0.119. The molecule has 1 atom stereocenters. The van der Waals surface area contributed by atoms with E-state index < -0.39 is 0 Å². The Morgan fingerprint density at radius 3 is 2.95 bits per heavy atom. The molecule has 1 rings (SSSR count). The van der Waals surface area contributed by atoms with Crippen LogP contribution in [-0.4, -0.2) is 23.6 Å². The van der Waals surface area contributed by atoms with Crippen LogP contribution in [0.3, 0.4) is 0 Å². The summed E-state index contributed by atoms with van der Waals surface area (Å²) in [6, 6.07) is 6.94. The molecular weight excluding hydrogens is 246 g/mol. The number of benzene rings is 1. The van der Waals surface area contributed by atoms with E-state index >= 15 is 0 Å². The molecule has 4 N–H and O–H groups in total. The molecule has 0 radical (unpaired) electrons. The highest BCUT2D eigenvalue weighted by Gasteiger charge is 2.10. The van der Waals surface area contributed by atoms with Crippen LogP contribution in [-0.2, 0) is 4.79 Å². The van der Waals surface area contributed by atoms with E-state index in [0.29, 0.717) is 11.4 Å². The van der Waals surface area contributed by atoms with E-state index in [-0.39, 0.29) is 24.3 Å². The van der Waals surface area contributed by atoms with Crippen molar-refractivity contribution in [2.75, 3.05) is 11.9 Å². The topological polar surface area (TPSA) is 96.9 Å². The Labute approximate surface area is 112 Å². The highest BCUT2D eigenvalue weighted by atomic mass is 16.5. The van der Waals surface area contributed by atoms with Gasteiger partial charge in [0.15, 0.2) is 5.84 Å². The summed E-state index contributed by atoms with van der Waals surface area (Å²) in [4.78, 5) is 11.7. The number of carbonyl (C=O) groups is 1. The molecule has 0 aliphatic heterocycles. The first-order valence-corrected chi connectivity index (χ1v) is 6.07. The van der Waals surface area contributed by atoms with E-state index in [4.69, 9.17) is 15.7 Å². The zero-order chi connectivity index (χ0) is 14.3. The van der Waals surface area contributed by atoms with E-state index in [9.17, 15) is 4.79 Å². The molecule has 1 aromatic rings. The minimum Gasteiger partial charge on any atom is -0.485 e. The highest BCUT2D eigenvalue weighted by Crippen LogP contribution is 2.18. The molecule has 104 valence electrons. The molecule has 0 saturated carbocycles. The third-order valence-corrected chi connectivity index (χ3v) is 2.68. The molecule has 0 aliphatic rings. The van der Waals surface area contributed by atoms with Crippen LogP contribution < -0.4 is 15.8 Å². The van der Waals surface area contributed by atoms with Crippen molar-refractivity contribution in [2.45, 2.75) is 20.3 Å². The Morgan fingerprint density at radius 2 is 2.32 bits per heavy atom. The SMILES string of the molecule is CCC(C)C(=O)Nc1cccc(OC/C(N)=N/O)c1. The van der Waals surface area contributed by atoms with Gasteiger partial charge in [0.1, 0.15) is 12.4 Å². The van der Waals surface area contributed by atoms with E-state index in [1.54, 1.807) is 24.3 Å². The fraction of sp³-hybridized carbons (Fsp3) is 0.385. The van der Waals surface area contributed by atoms with Crippen molar-refractivity contribution in [1.82, 2.24) is 0 Å². The standard InChI is InChI=1S/C13H19N3O3/c1-3-9(2)13(17)15-10-5-4-6-11(7-10)19-8-12(14)16-18/h4-7,9,18H,3,8H2,1-2H3,(H2,14,16)(H,15,17). The number of hydrogen-bond acceptors (Lipinski definition) is 4. The van der Waals surface area contributed by atoms with Crippen molar-refractivity contribution in [3.8, 4) is 5.75 Å². The van der Waals surface area contributed by atoms with Gasteiger partial charge < -0.3 is 21.0 Å². The molecule has 1 aromatic carbocycles. The Hall–Kier alpha value is -2.24. The van der Waals surface area contributed by atoms with Gasteiger partial charge in [-0.15, -0.1) is 0 Å². The number of oxime groups is 1. The van der Waals surface area contributed by atoms with E-state index in [2.05, 4.69) is 10.5 Å². The maximum absolute atomic E-state index is 11.7. The minimum absolute atomic E-state index is 0.0146. The van der Waals surface area contributed by atoms with Gasteiger partial charge in [-0.05, 0) is 18.6 Å². The third-order valence-electron chi connectivity index (χ3n) is 2.68. The molecule has 1 unspecified atom stereocenters. The Kier molecular flexibility index (Phi) is 5.66. The first kappa shape index (κ1) is 14.8. The largest absolute Gasteiger partial charge is 0.485 e. The molecule has 0 saturated heterocycles. The second-order valence-electron chi connectivity index (χ2n) is 4.21. The van der Waals surface area contributed by atoms with Crippen LogP contribution in [0.4, 0.5) is 5.69 Å². The smallest absolute Gasteiger partial charge is 0.227 e. The number of carbonyl (C=O) groups excluding carboxylic acids is 1. The van der Waals surface area contributed by atoms with Crippen molar-refractivity contribution in [3.05, 3.63) is 24.3 Å². The number of amidine groups is 1. The lowest BCUT2D eigenvalue weighted by Gasteiger charge is -2.11. The number of amides is 1. The lowest BCUT2D eigenvalue weighted by atomic mass is 10.1. The van der Waals surface area contributed by atoms with Gasteiger partial charge in [0.25, 0.3) is 0 Å². The summed E-state index contributed by atoms with van der Waals surface area (Å²) in [5, 5.41) is 14.0. The van der Waals surface area contributed by atoms with Crippen molar-refractivity contribution in [3.63, 3.8) is 0 Å². The monoisotopic (exact) mass is 265 g/mol. The third kappa shape index (κ3) is 4.87. The Balaban J connectivity index is 2.64. The van der Waals surface area contributed by atoms with Crippen LogP contribution in [0.25, 0.3) is 0 Å². The van der Waals surface area contributed by atoms with Crippen LogP contribution in [0.5, 0.6) is 5.75 Å². The fourth-order valence-corrected chi connectivity index (χ4v) is 1.30. The van der Waals surface area contributed by atoms with Crippen molar-refractivity contribution >= 4 is 17.4 Å².